The highest BCUT2D eigenvalue weighted by Gasteiger charge is 2.31. The van der Waals surface area contributed by atoms with Crippen LogP contribution < -0.4 is 4.72 Å². The van der Waals surface area contributed by atoms with Crippen LogP contribution in [0, 0.1) is 0 Å². The summed E-state index contributed by atoms with van der Waals surface area (Å²) in [4.78, 5) is 14.0. The molecule has 0 aliphatic carbocycles. The third kappa shape index (κ3) is 6.83. The molecule has 7 nitrogen and oxygen atoms in total. The number of hydrogen-bond acceptors (Lipinski definition) is 5. The smallest absolute Gasteiger partial charge is 0.383 e. The van der Waals surface area contributed by atoms with Crippen molar-refractivity contribution in [2.75, 3.05) is 45.2 Å². The summed E-state index contributed by atoms with van der Waals surface area (Å²) >= 11 is 5.88. The molecule has 0 spiro atoms. The molecule has 0 bridgehead atoms. The van der Waals surface area contributed by atoms with E-state index in [2.05, 4.69) is 4.72 Å². The Labute approximate surface area is 189 Å². The molecule has 12 heteroatoms. The van der Waals surface area contributed by atoms with E-state index in [1.165, 1.54) is 37.3 Å². The highest BCUT2D eigenvalue weighted by atomic mass is 35.5. The standard InChI is InChI=1S/C20H22ClF3N2O5S/c1-30-10-8-26(9-11-31-2)19(27)14-4-3-5-16(12-14)32(28,29)25-18-13-15(20(22,23)24)6-7-17(18)21/h3-7,12-13,25H,8-11H2,1-2H3. The normalized spacial score (nSPS) is 11.9. The number of hydrogen-bond donors (Lipinski definition) is 1. The molecule has 2 aromatic carbocycles. The van der Waals surface area contributed by atoms with Crippen LogP contribution in [0.25, 0.3) is 0 Å². The molecule has 0 atom stereocenters. The van der Waals surface area contributed by atoms with E-state index in [9.17, 15) is 26.4 Å². The van der Waals surface area contributed by atoms with E-state index >= 15 is 0 Å². The number of ether oxygens (including phenoxy) is 2. The summed E-state index contributed by atoms with van der Waals surface area (Å²) in [7, 11) is -1.37. The Morgan fingerprint density at radius 3 is 2.25 bits per heavy atom. The Bertz CT molecular complexity index is 1040. The van der Waals surface area contributed by atoms with Crippen molar-refractivity contribution in [3.8, 4) is 0 Å². The monoisotopic (exact) mass is 494 g/mol. The van der Waals surface area contributed by atoms with E-state index in [0.29, 0.717) is 6.07 Å². The molecule has 0 aliphatic rings. The van der Waals surface area contributed by atoms with Gasteiger partial charge in [0.15, 0.2) is 0 Å². The van der Waals surface area contributed by atoms with E-state index in [0.717, 1.165) is 18.2 Å². The summed E-state index contributed by atoms with van der Waals surface area (Å²) in [6.07, 6.45) is -4.68. The first kappa shape index (κ1) is 25.9. The maximum atomic E-state index is 13.0. The van der Waals surface area contributed by atoms with E-state index < -0.39 is 33.4 Å². The van der Waals surface area contributed by atoms with Gasteiger partial charge in [-0.25, -0.2) is 8.42 Å². The Kier molecular flexibility index (Phi) is 8.90. The summed E-state index contributed by atoms with van der Waals surface area (Å²) in [5, 5.41) is -0.209. The number of nitrogens with one attached hydrogen (secondary N) is 1. The van der Waals surface area contributed by atoms with Gasteiger partial charge in [-0.15, -0.1) is 0 Å². The zero-order chi connectivity index (χ0) is 23.9. The number of nitrogens with zero attached hydrogens (tertiary/aromatic N) is 1. The predicted molar refractivity (Wildman–Crippen MR) is 113 cm³/mol. The van der Waals surface area contributed by atoms with Crippen LogP contribution in [0.3, 0.4) is 0 Å². The zero-order valence-corrected chi connectivity index (χ0v) is 18.9. The summed E-state index contributed by atoms with van der Waals surface area (Å²) in [5.74, 6) is -0.451. The number of sulfonamides is 1. The molecule has 0 saturated carbocycles. The second kappa shape index (κ2) is 11.0. The van der Waals surface area contributed by atoms with Gasteiger partial charge in [0.25, 0.3) is 15.9 Å². The van der Waals surface area contributed by atoms with Crippen molar-refractivity contribution in [3.63, 3.8) is 0 Å². The molecule has 1 N–H and O–H groups in total. The summed E-state index contributed by atoms with van der Waals surface area (Å²) in [6, 6.07) is 7.45. The molecule has 0 saturated heterocycles. The molecule has 2 aromatic rings. The molecular formula is C20H22ClF3N2O5S. The maximum absolute atomic E-state index is 13.0. The molecule has 176 valence electrons. The average molecular weight is 495 g/mol. The molecule has 32 heavy (non-hydrogen) atoms. The van der Waals surface area contributed by atoms with Gasteiger partial charge in [0, 0.05) is 32.9 Å². The van der Waals surface area contributed by atoms with Crippen LogP contribution in [-0.2, 0) is 25.7 Å². The van der Waals surface area contributed by atoms with Crippen LogP contribution in [0.4, 0.5) is 18.9 Å². The highest BCUT2D eigenvalue weighted by Crippen LogP contribution is 2.34. The lowest BCUT2D eigenvalue weighted by Crippen LogP contribution is -2.36. The zero-order valence-electron chi connectivity index (χ0n) is 17.3. The van der Waals surface area contributed by atoms with Crippen LogP contribution in [0.15, 0.2) is 47.4 Å². The minimum Gasteiger partial charge on any atom is -0.383 e. The quantitative estimate of drug-likeness (QED) is 0.541. The number of carbonyl (C=O) groups is 1. The Balaban J connectivity index is 2.33. The number of rotatable bonds is 10. The fraction of sp³-hybridized carbons (Fsp3) is 0.350. The fourth-order valence-corrected chi connectivity index (χ4v) is 4.02. The van der Waals surface area contributed by atoms with Crippen LogP contribution in [0.2, 0.25) is 5.02 Å². The van der Waals surface area contributed by atoms with Crippen molar-refractivity contribution in [1.82, 2.24) is 4.90 Å². The van der Waals surface area contributed by atoms with Gasteiger partial charge >= 0.3 is 6.18 Å². The van der Waals surface area contributed by atoms with Gasteiger partial charge in [-0.05, 0) is 36.4 Å². The highest BCUT2D eigenvalue weighted by molar-refractivity contribution is 7.92. The Hall–Kier alpha value is -2.34. The second-order valence-corrected chi connectivity index (χ2v) is 8.69. The molecule has 0 aliphatic heterocycles. The number of amides is 1. The average Bonchev–Trinajstić information content (AvgIpc) is 2.74. The Morgan fingerprint density at radius 2 is 1.69 bits per heavy atom. The molecule has 0 aromatic heterocycles. The summed E-state index contributed by atoms with van der Waals surface area (Å²) in [5.41, 5.74) is -1.41. The Morgan fingerprint density at radius 1 is 1.06 bits per heavy atom. The summed E-state index contributed by atoms with van der Waals surface area (Å²) in [6.45, 7) is 1.05. The lowest BCUT2D eigenvalue weighted by Gasteiger charge is -2.22. The molecule has 0 unspecified atom stereocenters. The van der Waals surface area contributed by atoms with Gasteiger partial charge in [-0.2, -0.15) is 13.2 Å². The molecule has 0 fully saturated rings. The number of anilines is 1. The third-order valence-electron chi connectivity index (χ3n) is 4.35. The minimum atomic E-state index is -4.68. The van der Waals surface area contributed by atoms with Crippen molar-refractivity contribution < 1.29 is 35.9 Å². The van der Waals surface area contributed by atoms with Gasteiger partial charge in [-0.3, -0.25) is 9.52 Å². The lowest BCUT2D eigenvalue weighted by molar-refractivity contribution is -0.137. The van der Waals surface area contributed by atoms with Gasteiger partial charge in [-0.1, -0.05) is 17.7 Å². The van der Waals surface area contributed by atoms with Crippen molar-refractivity contribution in [1.29, 1.82) is 0 Å². The van der Waals surface area contributed by atoms with E-state index in [4.69, 9.17) is 21.1 Å². The molecule has 0 heterocycles. The second-order valence-electron chi connectivity index (χ2n) is 6.60. The van der Waals surface area contributed by atoms with Crippen molar-refractivity contribution in [3.05, 3.63) is 58.6 Å². The molecule has 2 rings (SSSR count). The number of benzene rings is 2. The predicted octanol–water partition coefficient (Wildman–Crippen LogP) is 3.89. The van der Waals surface area contributed by atoms with Crippen molar-refractivity contribution in [2.45, 2.75) is 11.1 Å². The minimum absolute atomic E-state index is 0.0789. The fourth-order valence-electron chi connectivity index (χ4n) is 2.68. The van der Waals surface area contributed by atoms with Crippen molar-refractivity contribution >= 4 is 33.2 Å². The van der Waals surface area contributed by atoms with Crippen molar-refractivity contribution in [2.24, 2.45) is 0 Å². The lowest BCUT2D eigenvalue weighted by atomic mass is 10.2. The maximum Gasteiger partial charge on any atom is 0.416 e. The number of halogens is 4. The molecular weight excluding hydrogens is 473 g/mol. The number of methoxy groups -OCH3 is 2. The van der Waals surface area contributed by atoms with Gasteiger partial charge < -0.3 is 14.4 Å². The molecule has 1 amide bonds. The van der Waals surface area contributed by atoms with Crippen LogP contribution in [0.1, 0.15) is 15.9 Å². The topological polar surface area (TPSA) is 84.9 Å². The van der Waals surface area contributed by atoms with E-state index in [-0.39, 0.29) is 41.8 Å². The van der Waals surface area contributed by atoms with Gasteiger partial charge in [0.05, 0.1) is 34.4 Å². The van der Waals surface area contributed by atoms with Crippen LogP contribution in [-0.4, -0.2) is 59.7 Å². The first-order valence-electron chi connectivity index (χ1n) is 9.26. The van der Waals surface area contributed by atoms with Crippen LogP contribution >= 0.6 is 11.6 Å². The first-order valence-corrected chi connectivity index (χ1v) is 11.1. The molecule has 0 radical (unpaired) electrons. The van der Waals surface area contributed by atoms with Gasteiger partial charge in [0.1, 0.15) is 0 Å². The van der Waals surface area contributed by atoms with E-state index in [1.807, 2.05) is 0 Å². The third-order valence-corrected chi connectivity index (χ3v) is 6.04. The van der Waals surface area contributed by atoms with Crippen LogP contribution in [0.5, 0.6) is 0 Å². The SMILES string of the molecule is COCCN(CCOC)C(=O)c1cccc(S(=O)(=O)Nc2cc(C(F)(F)F)ccc2Cl)c1. The van der Waals surface area contributed by atoms with E-state index in [1.54, 1.807) is 0 Å². The summed E-state index contributed by atoms with van der Waals surface area (Å²) < 4.78 is 76.5. The number of carbonyl (C=O) groups excluding carboxylic acids is 1. The van der Waals surface area contributed by atoms with Gasteiger partial charge in [0.2, 0.25) is 0 Å². The number of alkyl halides is 3. The first-order chi connectivity index (χ1) is 15.0. The largest absolute Gasteiger partial charge is 0.416 e.